The summed E-state index contributed by atoms with van der Waals surface area (Å²) in [6.45, 7) is 9.93. The molecule has 0 saturated carbocycles. The van der Waals surface area contributed by atoms with Crippen molar-refractivity contribution < 1.29 is 14.4 Å². The molecule has 0 aliphatic carbocycles. The van der Waals surface area contributed by atoms with Gasteiger partial charge in [-0.15, -0.1) is 0 Å². The van der Waals surface area contributed by atoms with Crippen molar-refractivity contribution in [3.8, 4) is 0 Å². The van der Waals surface area contributed by atoms with Gasteiger partial charge < -0.3 is 4.90 Å². The van der Waals surface area contributed by atoms with Crippen LogP contribution in [-0.4, -0.2) is 35.7 Å². The summed E-state index contributed by atoms with van der Waals surface area (Å²) in [7, 11) is 0. The molecule has 0 unspecified atom stereocenters. The van der Waals surface area contributed by atoms with Crippen molar-refractivity contribution in [2.24, 2.45) is 5.41 Å². The Morgan fingerprint density at radius 3 is 2.27 bits per heavy atom. The number of rotatable bonds is 4. The number of amides is 3. The van der Waals surface area contributed by atoms with Gasteiger partial charge in [-0.2, -0.15) is 0 Å². The van der Waals surface area contributed by atoms with Gasteiger partial charge in [-0.1, -0.05) is 66.5 Å². The summed E-state index contributed by atoms with van der Waals surface area (Å²) in [5.41, 5.74) is 3.27. The fraction of sp³-hybridized carbons (Fsp3) is 0.296. The van der Waals surface area contributed by atoms with E-state index in [0.717, 1.165) is 26.7 Å². The molecule has 3 amide bonds. The number of hydrogen-bond acceptors (Lipinski definition) is 3. The summed E-state index contributed by atoms with van der Waals surface area (Å²) in [6.07, 6.45) is 0. The van der Waals surface area contributed by atoms with Gasteiger partial charge in [-0.25, -0.2) is 0 Å². The van der Waals surface area contributed by atoms with Crippen LogP contribution in [0.4, 0.5) is 5.69 Å². The Morgan fingerprint density at radius 1 is 0.970 bits per heavy atom. The summed E-state index contributed by atoms with van der Waals surface area (Å²) < 4.78 is 0.842. The zero-order chi connectivity index (χ0) is 24.1. The van der Waals surface area contributed by atoms with Gasteiger partial charge in [0.2, 0.25) is 5.91 Å². The topological polar surface area (TPSA) is 57.7 Å². The normalized spacial score (nSPS) is 13.6. The van der Waals surface area contributed by atoms with Gasteiger partial charge in [0.25, 0.3) is 11.8 Å². The largest absolute Gasteiger partial charge is 0.310 e. The van der Waals surface area contributed by atoms with E-state index in [4.69, 9.17) is 0 Å². The Hall–Kier alpha value is -2.99. The minimum Gasteiger partial charge on any atom is -0.310 e. The average molecular weight is 507 g/mol. The fourth-order valence-electron chi connectivity index (χ4n) is 4.36. The highest BCUT2D eigenvalue weighted by molar-refractivity contribution is 9.10. The van der Waals surface area contributed by atoms with Gasteiger partial charge >= 0.3 is 0 Å². The van der Waals surface area contributed by atoms with E-state index in [9.17, 15) is 14.4 Å². The molecule has 1 aliphatic heterocycles. The first kappa shape index (κ1) is 23.2. The number of nitrogens with zero attached hydrogens (tertiary/aromatic N) is 2. The van der Waals surface area contributed by atoms with Crippen molar-refractivity contribution in [1.29, 1.82) is 0 Å². The Morgan fingerprint density at radius 2 is 1.64 bits per heavy atom. The van der Waals surface area contributed by atoms with E-state index in [1.807, 2.05) is 71.0 Å². The number of aryl methyl sites for hydroxylation is 2. The number of hydrogen-bond donors (Lipinski definition) is 0. The zero-order valence-corrected chi connectivity index (χ0v) is 21.1. The first-order valence-corrected chi connectivity index (χ1v) is 11.8. The van der Waals surface area contributed by atoms with Crippen LogP contribution in [-0.2, 0) is 4.79 Å². The minimum atomic E-state index is -0.613. The molecule has 0 radical (unpaired) electrons. The number of anilines is 1. The smallest absolute Gasteiger partial charge is 0.261 e. The summed E-state index contributed by atoms with van der Waals surface area (Å²) in [5, 5.41) is 1.52. The summed E-state index contributed by atoms with van der Waals surface area (Å²) >= 11 is 3.52. The highest BCUT2D eigenvalue weighted by Gasteiger charge is 2.35. The Bertz CT molecular complexity index is 1280. The van der Waals surface area contributed by atoms with Crippen LogP contribution in [0.3, 0.4) is 0 Å². The van der Waals surface area contributed by atoms with Crippen molar-refractivity contribution in [2.45, 2.75) is 34.6 Å². The van der Waals surface area contributed by atoms with Crippen molar-refractivity contribution in [3.63, 3.8) is 0 Å². The van der Waals surface area contributed by atoms with Crippen LogP contribution in [0.25, 0.3) is 10.8 Å². The van der Waals surface area contributed by atoms with Crippen LogP contribution < -0.4 is 4.90 Å². The van der Waals surface area contributed by atoms with E-state index in [2.05, 4.69) is 15.9 Å². The molecule has 0 spiro atoms. The molecule has 0 saturated heterocycles. The molecule has 0 fully saturated rings. The lowest BCUT2D eigenvalue weighted by molar-refractivity contribution is -0.125. The van der Waals surface area contributed by atoms with E-state index in [0.29, 0.717) is 16.5 Å². The molecule has 1 heterocycles. The zero-order valence-electron chi connectivity index (χ0n) is 19.5. The Balaban J connectivity index is 1.70. The molecule has 3 aromatic carbocycles. The van der Waals surface area contributed by atoms with Gasteiger partial charge in [0.15, 0.2) is 0 Å². The highest BCUT2D eigenvalue weighted by Crippen LogP contribution is 2.34. The van der Waals surface area contributed by atoms with Crippen molar-refractivity contribution >= 4 is 50.1 Å². The summed E-state index contributed by atoms with van der Waals surface area (Å²) in [5.74, 6) is -0.724. The maximum Gasteiger partial charge on any atom is 0.261 e. The second-order valence-electron chi connectivity index (χ2n) is 9.58. The van der Waals surface area contributed by atoms with E-state index >= 15 is 0 Å². The third kappa shape index (κ3) is 4.08. The summed E-state index contributed by atoms with van der Waals surface area (Å²) in [6, 6.07) is 15.0. The van der Waals surface area contributed by atoms with Crippen molar-refractivity contribution in [1.82, 2.24) is 4.90 Å². The molecule has 0 aromatic heterocycles. The lowest BCUT2D eigenvalue weighted by Crippen LogP contribution is -2.48. The lowest BCUT2D eigenvalue weighted by atomic mass is 9.93. The lowest BCUT2D eigenvalue weighted by Gasteiger charge is -2.33. The van der Waals surface area contributed by atoms with Crippen LogP contribution in [0.1, 0.15) is 52.6 Å². The SMILES string of the molecule is Cc1ccc(N(CCN2C(=O)c3cccc4c(Br)ccc(c34)C2=O)C(=O)C(C)(C)C)c(C)c1. The standard InChI is InChI=1S/C27H27BrN2O3/c1-16-9-12-22(17(2)15-16)29(26(33)27(3,4)5)13-14-30-24(31)19-8-6-7-18-21(28)11-10-20(23(18)19)25(30)32/h6-12,15H,13-14H2,1-5H3. The molecule has 3 aromatic rings. The van der Waals surface area contributed by atoms with Crippen molar-refractivity contribution in [2.75, 3.05) is 18.0 Å². The third-order valence-corrected chi connectivity index (χ3v) is 6.71. The Kier molecular flexibility index (Phi) is 5.91. The first-order valence-electron chi connectivity index (χ1n) is 11.0. The van der Waals surface area contributed by atoms with Gasteiger partial charge in [0.1, 0.15) is 0 Å². The third-order valence-electron chi connectivity index (χ3n) is 6.02. The summed E-state index contributed by atoms with van der Waals surface area (Å²) in [4.78, 5) is 43.0. The van der Waals surface area contributed by atoms with Crippen LogP contribution in [0.5, 0.6) is 0 Å². The number of benzene rings is 3. The van der Waals surface area contributed by atoms with E-state index in [1.54, 1.807) is 17.0 Å². The van der Waals surface area contributed by atoms with E-state index in [-0.39, 0.29) is 30.8 Å². The van der Waals surface area contributed by atoms with Crippen LogP contribution in [0.15, 0.2) is 53.0 Å². The van der Waals surface area contributed by atoms with Crippen LogP contribution in [0.2, 0.25) is 0 Å². The maximum absolute atomic E-state index is 13.4. The maximum atomic E-state index is 13.4. The molecule has 33 heavy (non-hydrogen) atoms. The minimum absolute atomic E-state index is 0.0576. The number of imide groups is 1. The Labute approximate surface area is 202 Å². The number of carbonyl (C=O) groups excluding carboxylic acids is 3. The molecule has 5 nitrogen and oxygen atoms in total. The van der Waals surface area contributed by atoms with E-state index in [1.165, 1.54) is 4.90 Å². The molecule has 0 atom stereocenters. The predicted octanol–water partition coefficient (Wildman–Crippen LogP) is 5.89. The first-order chi connectivity index (χ1) is 15.5. The van der Waals surface area contributed by atoms with Gasteiger partial charge in [-0.05, 0) is 49.1 Å². The molecule has 0 N–H and O–H groups in total. The second kappa shape index (κ2) is 8.41. The van der Waals surface area contributed by atoms with Gasteiger partial charge in [-0.3, -0.25) is 19.3 Å². The second-order valence-corrected chi connectivity index (χ2v) is 10.4. The van der Waals surface area contributed by atoms with Crippen LogP contribution >= 0.6 is 15.9 Å². The van der Waals surface area contributed by atoms with E-state index < -0.39 is 5.41 Å². The molecule has 170 valence electrons. The highest BCUT2D eigenvalue weighted by atomic mass is 79.9. The van der Waals surface area contributed by atoms with Gasteiger partial charge in [0, 0.05) is 45.2 Å². The predicted molar refractivity (Wildman–Crippen MR) is 135 cm³/mol. The number of carbonyl (C=O) groups is 3. The molecule has 6 heteroatoms. The molecule has 0 bridgehead atoms. The van der Waals surface area contributed by atoms with Crippen LogP contribution in [0, 0.1) is 19.3 Å². The monoisotopic (exact) mass is 506 g/mol. The number of halogens is 1. The quantitative estimate of drug-likeness (QED) is 0.414. The van der Waals surface area contributed by atoms with Crippen molar-refractivity contribution in [3.05, 3.63) is 75.3 Å². The fourth-order valence-corrected chi connectivity index (χ4v) is 4.82. The van der Waals surface area contributed by atoms with Gasteiger partial charge in [0.05, 0.1) is 0 Å². The molecular weight excluding hydrogens is 480 g/mol. The average Bonchev–Trinajstić information content (AvgIpc) is 2.75. The molecular formula is C27H27BrN2O3. The molecule has 1 aliphatic rings. The molecule has 4 rings (SSSR count).